The van der Waals surface area contributed by atoms with E-state index >= 15 is 0 Å². The third-order valence-corrected chi connectivity index (χ3v) is 2.64. The van der Waals surface area contributed by atoms with Gasteiger partial charge in [-0.15, -0.1) is 0 Å². The molecule has 2 atom stereocenters. The second kappa shape index (κ2) is 1.10. The molecule has 2 aliphatic rings. The molecule has 0 radical (unpaired) electrons. The number of aldehydes is 1. The molecule has 2 nitrogen and oxygen atoms in total. The summed E-state index contributed by atoms with van der Waals surface area (Å²) in [5.41, 5.74) is 0. The van der Waals surface area contributed by atoms with Gasteiger partial charge in [0.05, 0.1) is 11.5 Å². The lowest BCUT2D eigenvalue weighted by Gasteiger charge is -1.98. The fourth-order valence-electron chi connectivity index (χ4n) is 0.772. The average Bonchev–Trinajstić information content (AvgIpc) is 2.38. The number of thioether (sulfide) groups is 1. The van der Waals surface area contributed by atoms with E-state index in [9.17, 15) is 4.79 Å². The Hall–Kier alpha value is -0.440. The molecule has 8 heavy (non-hydrogen) atoms. The number of hydrogen-bond donors (Lipinski definition) is 0. The van der Waals surface area contributed by atoms with Crippen molar-refractivity contribution in [3.8, 4) is 0 Å². The van der Waals surface area contributed by atoms with Gasteiger partial charge in [0.1, 0.15) is 0 Å². The molecule has 1 fully saturated rings. The first-order chi connectivity index (χ1) is 3.87. The number of ether oxygens (including phenoxy) is 1. The third kappa shape index (κ3) is 0.336. The molecule has 0 saturated carbocycles. The smallest absolute Gasteiger partial charge is 0.225 e. The van der Waals surface area contributed by atoms with Crippen molar-refractivity contribution in [1.82, 2.24) is 0 Å². The average molecular weight is 128 g/mol. The molecule has 0 aromatic carbocycles. The van der Waals surface area contributed by atoms with Gasteiger partial charge in [-0.2, -0.15) is 0 Å². The molecule has 2 unspecified atom stereocenters. The Kier molecular flexibility index (Phi) is 0.612. The molecule has 0 bridgehead atoms. The summed E-state index contributed by atoms with van der Waals surface area (Å²) in [6.45, 7) is 0. The summed E-state index contributed by atoms with van der Waals surface area (Å²) in [6.07, 6.45) is 4.36. The predicted octanol–water partition coefficient (Wildman–Crippen LogP) is 0.541. The van der Waals surface area contributed by atoms with Crippen LogP contribution in [-0.4, -0.2) is 16.5 Å². The topological polar surface area (TPSA) is 26.3 Å². The van der Waals surface area contributed by atoms with Gasteiger partial charge in [0.2, 0.25) is 4.93 Å². The molecule has 2 rings (SSSR count). The highest BCUT2D eigenvalue weighted by atomic mass is 32.2. The summed E-state index contributed by atoms with van der Waals surface area (Å²) in [6, 6.07) is 0. The number of carbonyl (C=O) groups excluding carboxylic acids is 1. The van der Waals surface area contributed by atoms with Crippen molar-refractivity contribution in [2.75, 3.05) is 0 Å². The highest BCUT2D eigenvalue weighted by Gasteiger charge is 2.59. The maximum absolute atomic E-state index is 10.2. The minimum Gasteiger partial charge on any atom is -0.476 e. The molecule has 0 aliphatic carbocycles. The van der Waals surface area contributed by atoms with Gasteiger partial charge < -0.3 is 4.74 Å². The van der Waals surface area contributed by atoms with Gasteiger partial charge in [0.15, 0.2) is 6.29 Å². The molecule has 0 N–H and O–H groups in total. The summed E-state index contributed by atoms with van der Waals surface area (Å²) < 4.78 is 4.98. The summed E-state index contributed by atoms with van der Waals surface area (Å²) in [5, 5.41) is 0.319. The number of rotatable bonds is 1. The normalized spacial score (nSPS) is 47.8. The summed E-state index contributed by atoms with van der Waals surface area (Å²) in [4.78, 5) is 9.71. The molecule has 2 aliphatic heterocycles. The van der Waals surface area contributed by atoms with Crippen molar-refractivity contribution >= 4 is 18.0 Å². The van der Waals surface area contributed by atoms with Gasteiger partial charge in [0, 0.05) is 0 Å². The minimum atomic E-state index is -0.472. The van der Waals surface area contributed by atoms with Gasteiger partial charge in [0.25, 0.3) is 0 Å². The summed E-state index contributed by atoms with van der Waals surface area (Å²) in [7, 11) is 0. The zero-order valence-electron chi connectivity index (χ0n) is 4.03. The van der Waals surface area contributed by atoms with Crippen LogP contribution in [0, 0.1) is 0 Å². The van der Waals surface area contributed by atoms with Crippen molar-refractivity contribution in [3.05, 3.63) is 12.3 Å². The Labute approximate surface area is 50.9 Å². The molecule has 0 aromatic heterocycles. The van der Waals surface area contributed by atoms with E-state index in [4.69, 9.17) is 4.74 Å². The van der Waals surface area contributed by atoms with Crippen LogP contribution in [0.1, 0.15) is 0 Å². The van der Waals surface area contributed by atoms with Crippen molar-refractivity contribution in [2.45, 2.75) is 10.2 Å². The number of carbonyl (C=O) groups is 1. The fraction of sp³-hybridized carbons (Fsp3) is 0.400. The van der Waals surface area contributed by atoms with E-state index < -0.39 is 4.93 Å². The second-order valence-corrected chi connectivity index (χ2v) is 3.21. The van der Waals surface area contributed by atoms with Crippen molar-refractivity contribution in [2.24, 2.45) is 0 Å². The zero-order valence-corrected chi connectivity index (χ0v) is 4.85. The highest BCUT2D eigenvalue weighted by Crippen LogP contribution is 2.56. The molecule has 1 saturated heterocycles. The first-order valence-corrected chi connectivity index (χ1v) is 3.24. The van der Waals surface area contributed by atoms with Gasteiger partial charge in [-0.05, 0) is 6.08 Å². The van der Waals surface area contributed by atoms with Crippen LogP contribution in [0.4, 0.5) is 0 Å². The molecule has 3 heteroatoms. The SMILES string of the molecule is O=CC12OC=CC1S2. The fourth-order valence-corrected chi connectivity index (χ4v) is 1.60. The summed E-state index contributed by atoms with van der Waals surface area (Å²) in [5.74, 6) is 0. The molecule has 42 valence electrons. The highest BCUT2D eigenvalue weighted by molar-refractivity contribution is 8.09. The quantitative estimate of drug-likeness (QED) is 0.381. The van der Waals surface area contributed by atoms with Crippen molar-refractivity contribution in [3.63, 3.8) is 0 Å². The first kappa shape index (κ1) is 4.44. The largest absolute Gasteiger partial charge is 0.476 e. The predicted molar refractivity (Wildman–Crippen MR) is 30.4 cm³/mol. The van der Waals surface area contributed by atoms with Crippen LogP contribution in [-0.2, 0) is 9.53 Å². The van der Waals surface area contributed by atoms with Crippen LogP contribution in [0.5, 0.6) is 0 Å². The lowest BCUT2D eigenvalue weighted by molar-refractivity contribution is -0.114. The summed E-state index contributed by atoms with van der Waals surface area (Å²) >= 11 is 1.55. The molecule has 0 spiro atoms. The van der Waals surface area contributed by atoms with Gasteiger partial charge in [-0.25, -0.2) is 0 Å². The number of hydrogen-bond acceptors (Lipinski definition) is 3. The Morgan fingerprint density at radius 3 is 3.00 bits per heavy atom. The molecule has 2 heterocycles. The van der Waals surface area contributed by atoms with Crippen LogP contribution in [0.2, 0.25) is 0 Å². The monoisotopic (exact) mass is 128 g/mol. The lowest BCUT2D eigenvalue weighted by Crippen LogP contribution is -2.12. The Morgan fingerprint density at radius 2 is 2.75 bits per heavy atom. The Morgan fingerprint density at radius 1 is 1.88 bits per heavy atom. The van der Waals surface area contributed by atoms with E-state index in [1.54, 1.807) is 18.0 Å². The Bertz CT molecular complexity index is 166. The molecular formula is C5H4O2S. The number of fused-ring (bicyclic) bond motifs is 1. The van der Waals surface area contributed by atoms with Crippen LogP contribution in [0.15, 0.2) is 12.3 Å². The third-order valence-electron chi connectivity index (χ3n) is 1.32. The van der Waals surface area contributed by atoms with E-state index in [0.29, 0.717) is 5.25 Å². The zero-order chi connectivity index (χ0) is 5.61. The maximum Gasteiger partial charge on any atom is 0.225 e. The van der Waals surface area contributed by atoms with Gasteiger partial charge >= 0.3 is 0 Å². The van der Waals surface area contributed by atoms with E-state index in [1.807, 2.05) is 6.08 Å². The molecular weight excluding hydrogens is 124 g/mol. The van der Waals surface area contributed by atoms with Crippen LogP contribution in [0.25, 0.3) is 0 Å². The van der Waals surface area contributed by atoms with Crippen LogP contribution in [0.3, 0.4) is 0 Å². The first-order valence-electron chi connectivity index (χ1n) is 2.36. The standard InChI is InChI=1S/C5H4O2S/c6-3-5-4(8-5)1-2-7-5/h1-4H. The van der Waals surface area contributed by atoms with E-state index in [-0.39, 0.29) is 0 Å². The van der Waals surface area contributed by atoms with Crippen LogP contribution >= 0.6 is 11.8 Å². The van der Waals surface area contributed by atoms with Crippen molar-refractivity contribution < 1.29 is 9.53 Å². The van der Waals surface area contributed by atoms with Gasteiger partial charge in [-0.1, -0.05) is 11.8 Å². The minimum absolute atomic E-state index is 0.319. The second-order valence-electron chi connectivity index (χ2n) is 1.82. The lowest BCUT2D eigenvalue weighted by atomic mass is 10.3. The van der Waals surface area contributed by atoms with Gasteiger partial charge in [-0.3, -0.25) is 4.79 Å². The van der Waals surface area contributed by atoms with E-state index in [2.05, 4.69) is 0 Å². The van der Waals surface area contributed by atoms with E-state index in [0.717, 1.165) is 6.29 Å². The maximum atomic E-state index is 10.2. The van der Waals surface area contributed by atoms with Crippen molar-refractivity contribution in [1.29, 1.82) is 0 Å². The Balaban J connectivity index is 2.26. The molecule has 0 aromatic rings. The van der Waals surface area contributed by atoms with Crippen LogP contribution < -0.4 is 0 Å². The molecule has 0 amide bonds. The van der Waals surface area contributed by atoms with E-state index in [1.165, 1.54) is 0 Å².